The monoisotopic (exact) mass is 297 g/mol. The average Bonchev–Trinajstić information content (AvgIpc) is 2.50. The zero-order valence-electron chi connectivity index (χ0n) is 11.0. The van der Waals surface area contributed by atoms with Gasteiger partial charge in [-0.1, -0.05) is 0 Å². The molecule has 1 aliphatic heterocycles. The second-order valence-electron chi connectivity index (χ2n) is 4.51. The van der Waals surface area contributed by atoms with Gasteiger partial charge in [0.25, 0.3) is 0 Å². The molecule has 1 aromatic rings. The van der Waals surface area contributed by atoms with E-state index in [1.807, 2.05) is 5.32 Å². The van der Waals surface area contributed by atoms with Crippen molar-refractivity contribution >= 4 is 23.9 Å². The molecule has 0 unspecified atom stereocenters. The van der Waals surface area contributed by atoms with E-state index in [0.29, 0.717) is 19.5 Å². The largest absolute Gasteiger partial charge is 0.342 e. The summed E-state index contributed by atoms with van der Waals surface area (Å²) in [6.07, 6.45) is 0.671. The van der Waals surface area contributed by atoms with Gasteiger partial charge in [0.1, 0.15) is 11.6 Å². The molecule has 1 saturated heterocycles. The third kappa shape index (κ3) is 3.53. The highest BCUT2D eigenvalue weighted by atomic mass is 19.1. The van der Waals surface area contributed by atoms with Gasteiger partial charge in [0.05, 0.1) is 5.69 Å². The smallest absolute Gasteiger partial charge is 0.313 e. The Hall–Kier alpha value is -2.51. The van der Waals surface area contributed by atoms with Crippen LogP contribution in [0.4, 0.5) is 14.5 Å². The first-order chi connectivity index (χ1) is 10.0. The molecule has 6 nitrogen and oxygen atoms in total. The van der Waals surface area contributed by atoms with E-state index in [-0.39, 0.29) is 18.8 Å². The van der Waals surface area contributed by atoms with Crippen LogP contribution >= 0.6 is 0 Å². The highest BCUT2D eigenvalue weighted by molar-refractivity contribution is 6.39. The van der Waals surface area contributed by atoms with Crippen LogP contribution in [0.1, 0.15) is 0 Å². The summed E-state index contributed by atoms with van der Waals surface area (Å²) in [5, 5.41) is 2.05. The Labute approximate surface area is 119 Å². The fourth-order valence-corrected chi connectivity index (χ4v) is 1.94. The number of amides is 3. The van der Waals surface area contributed by atoms with Gasteiger partial charge in [-0.05, 0) is 12.1 Å². The number of carbonyl (C=O) groups is 3. The predicted octanol–water partition coefficient (Wildman–Crippen LogP) is 0.204. The maximum Gasteiger partial charge on any atom is 0.313 e. The number of anilines is 1. The topological polar surface area (TPSA) is 69.7 Å². The van der Waals surface area contributed by atoms with Crippen molar-refractivity contribution in [2.24, 2.45) is 0 Å². The lowest BCUT2D eigenvalue weighted by Gasteiger charge is -2.31. The van der Waals surface area contributed by atoms with Gasteiger partial charge in [-0.3, -0.25) is 14.4 Å². The molecule has 1 heterocycles. The minimum absolute atomic E-state index is 0.219. The lowest BCUT2D eigenvalue weighted by atomic mass is 10.2. The molecule has 3 amide bonds. The van der Waals surface area contributed by atoms with Gasteiger partial charge in [-0.2, -0.15) is 0 Å². The van der Waals surface area contributed by atoms with Gasteiger partial charge in [0.15, 0.2) is 0 Å². The molecule has 0 radical (unpaired) electrons. The fourth-order valence-electron chi connectivity index (χ4n) is 1.94. The zero-order valence-corrected chi connectivity index (χ0v) is 11.0. The summed E-state index contributed by atoms with van der Waals surface area (Å²) in [7, 11) is 0. The summed E-state index contributed by atoms with van der Waals surface area (Å²) in [5.74, 6) is -3.44. The number of piperazine rings is 1. The number of rotatable bonds is 2. The van der Waals surface area contributed by atoms with Crippen LogP contribution in [0.15, 0.2) is 18.2 Å². The summed E-state index contributed by atoms with van der Waals surface area (Å²) in [5.41, 5.74) is -0.389. The van der Waals surface area contributed by atoms with E-state index >= 15 is 0 Å². The van der Waals surface area contributed by atoms with Crippen LogP contribution in [0.2, 0.25) is 0 Å². The molecule has 8 heteroatoms. The molecule has 0 aromatic heterocycles. The molecule has 0 aliphatic carbocycles. The molecule has 0 saturated carbocycles. The van der Waals surface area contributed by atoms with Crippen molar-refractivity contribution in [2.75, 3.05) is 31.5 Å². The minimum Gasteiger partial charge on any atom is -0.342 e. The van der Waals surface area contributed by atoms with Gasteiger partial charge in [0.2, 0.25) is 6.41 Å². The van der Waals surface area contributed by atoms with Gasteiger partial charge >= 0.3 is 11.8 Å². The number of hydrogen-bond donors (Lipinski definition) is 1. The second kappa shape index (κ2) is 6.29. The van der Waals surface area contributed by atoms with Crippen LogP contribution in [0, 0.1) is 11.6 Å². The Morgan fingerprint density at radius 1 is 1.14 bits per heavy atom. The summed E-state index contributed by atoms with van der Waals surface area (Å²) < 4.78 is 26.4. The van der Waals surface area contributed by atoms with Crippen molar-refractivity contribution in [1.29, 1.82) is 0 Å². The normalized spacial score (nSPS) is 14.8. The summed E-state index contributed by atoms with van der Waals surface area (Å²) in [4.78, 5) is 36.9. The third-order valence-electron chi connectivity index (χ3n) is 3.12. The van der Waals surface area contributed by atoms with Crippen molar-refractivity contribution in [2.45, 2.75) is 0 Å². The number of carbonyl (C=O) groups excluding carboxylic acids is 3. The van der Waals surface area contributed by atoms with Gasteiger partial charge in [-0.15, -0.1) is 0 Å². The second-order valence-corrected chi connectivity index (χ2v) is 4.51. The third-order valence-corrected chi connectivity index (χ3v) is 3.12. The molecule has 1 fully saturated rings. The van der Waals surface area contributed by atoms with Crippen LogP contribution in [0.25, 0.3) is 0 Å². The van der Waals surface area contributed by atoms with Crippen LogP contribution in [-0.4, -0.2) is 54.2 Å². The van der Waals surface area contributed by atoms with Crippen molar-refractivity contribution in [3.8, 4) is 0 Å². The lowest BCUT2D eigenvalue weighted by Crippen LogP contribution is -2.51. The Morgan fingerprint density at radius 2 is 1.81 bits per heavy atom. The van der Waals surface area contributed by atoms with Crippen molar-refractivity contribution < 1.29 is 23.2 Å². The van der Waals surface area contributed by atoms with Crippen LogP contribution in [0.5, 0.6) is 0 Å². The first kappa shape index (κ1) is 14.9. The summed E-state index contributed by atoms with van der Waals surface area (Å²) in [6, 6.07) is 2.56. The van der Waals surface area contributed by atoms with E-state index < -0.39 is 23.4 Å². The fraction of sp³-hybridized carbons (Fsp3) is 0.308. The molecule has 0 atom stereocenters. The molecule has 2 rings (SSSR count). The SMILES string of the molecule is O=CN1CCN(C(=O)C(=O)Nc2cc(F)ccc2F)CC1. The molecule has 0 spiro atoms. The molecule has 112 valence electrons. The Bertz CT molecular complexity index is 572. The van der Waals surface area contributed by atoms with Crippen LogP contribution < -0.4 is 5.32 Å². The first-order valence-electron chi connectivity index (χ1n) is 6.26. The minimum atomic E-state index is -1.04. The van der Waals surface area contributed by atoms with Crippen molar-refractivity contribution in [3.05, 3.63) is 29.8 Å². The zero-order chi connectivity index (χ0) is 15.4. The van der Waals surface area contributed by atoms with E-state index in [4.69, 9.17) is 0 Å². The Balaban J connectivity index is 1.98. The molecule has 21 heavy (non-hydrogen) atoms. The number of benzene rings is 1. The number of nitrogens with zero attached hydrogens (tertiary/aromatic N) is 2. The van der Waals surface area contributed by atoms with Crippen LogP contribution in [-0.2, 0) is 14.4 Å². The number of halogens is 2. The highest BCUT2D eigenvalue weighted by Crippen LogP contribution is 2.15. The predicted molar refractivity (Wildman–Crippen MR) is 69.2 cm³/mol. The summed E-state index contributed by atoms with van der Waals surface area (Å²) in [6.45, 7) is 1.10. The molecule has 1 aromatic carbocycles. The van der Waals surface area contributed by atoms with Gasteiger partial charge in [-0.25, -0.2) is 8.78 Å². The van der Waals surface area contributed by atoms with E-state index in [1.54, 1.807) is 0 Å². The highest BCUT2D eigenvalue weighted by Gasteiger charge is 2.26. The van der Waals surface area contributed by atoms with E-state index in [1.165, 1.54) is 9.80 Å². The maximum absolute atomic E-state index is 13.4. The van der Waals surface area contributed by atoms with Crippen molar-refractivity contribution in [1.82, 2.24) is 9.80 Å². The average molecular weight is 297 g/mol. The molecular weight excluding hydrogens is 284 g/mol. The lowest BCUT2D eigenvalue weighted by molar-refractivity contribution is -0.144. The number of nitrogens with one attached hydrogen (secondary N) is 1. The standard InChI is InChI=1S/C13H13F2N3O3/c14-9-1-2-10(15)11(7-9)16-12(20)13(21)18-5-3-17(8-19)4-6-18/h1-2,7-8H,3-6H2,(H,16,20). The van der Waals surface area contributed by atoms with Gasteiger partial charge < -0.3 is 15.1 Å². The molecule has 0 bridgehead atoms. The maximum atomic E-state index is 13.4. The molecule has 1 aliphatic rings. The number of hydrogen-bond acceptors (Lipinski definition) is 3. The quantitative estimate of drug-likeness (QED) is 0.626. The van der Waals surface area contributed by atoms with E-state index in [9.17, 15) is 23.2 Å². The molecular formula is C13H13F2N3O3. The van der Waals surface area contributed by atoms with Crippen molar-refractivity contribution in [3.63, 3.8) is 0 Å². The Morgan fingerprint density at radius 3 is 2.43 bits per heavy atom. The van der Waals surface area contributed by atoms with Gasteiger partial charge in [0, 0.05) is 32.2 Å². The summed E-state index contributed by atoms with van der Waals surface area (Å²) >= 11 is 0. The van der Waals surface area contributed by atoms with E-state index in [2.05, 4.69) is 0 Å². The Kier molecular flexibility index (Phi) is 4.46. The van der Waals surface area contributed by atoms with E-state index in [0.717, 1.165) is 18.2 Å². The first-order valence-corrected chi connectivity index (χ1v) is 6.26. The van der Waals surface area contributed by atoms with Crippen LogP contribution in [0.3, 0.4) is 0 Å². The molecule has 1 N–H and O–H groups in total.